The maximum absolute atomic E-state index is 11.7. The van der Waals surface area contributed by atoms with Crippen LogP contribution in [0, 0.1) is 5.41 Å². The van der Waals surface area contributed by atoms with Gasteiger partial charge in [0.25, 0.3) is 0 Å². The zero-order valence-electron chi connectivity index (χ0n) is 16.8. The van der Waals surface area contributed by atoms with Gasteiger partial charge in [0.1, 0.15) is 19.8 Å². The van der Waals surface area contributed by atoms with Crippen LogP contribution in [-0.2, 0) is 47.8 Å². The Hall–Kier alpha value is -3.35. The lowest BCUT2D eigenvalue weighted by Crippen LogP contribution is -2.40. The van der Waals surface area contributed by atoms with Crippen LogP contribution in [0.2, 0.25) is 0 Å². The molecule has 0 saturated heterocycles. The first kappa shape index (κ1) is 29.8. The summed E-state index contributed by atoms with van der Waals surface area (Å²) in [5.74, 6) is -5.99. The minimum Gasteiger partial charge on any atom is -0.481 e. The predicted octanol–water partition coefficient (Wildman–Crippen LogP) is -1.88. The highest BCUT2D eigenvalue weighted by Crippen LogP contribution is 2.27. The number of carbonyl (C=O) groups is 5. The highest BCUT2D eigenvalue weighted by molar-refractivity contribution is 5.86. The molecule has 0 radical (unpaired) electrons. The third-order valence-corrected chi connectivity index (χ3v) is 3.45. The molecule has 0 rings (SSSR count). The first-order chi connectivity index (χ1) is 14.3. The molecule has 176 valence electrons. The van der Waals surface area contributed by atoms with Gasteiger partial charge in [-0.3, -0.25) is 19.2 Å². The molecule has 2 atom stereocenters. The van der Waals surface area contributed by atoms with Gasteiger partial charge in [-0.05, 0) is 13.8 Å². The Balaban J connectivity index is 0. The normalized spacial score (nSPS) is 13.7. The molecule has 0 saturated carbocycles. The Kier molecular flexibility index (Phi) is 14.1. The second-order valence-electron chi connectivity index (χ2n) is 6.45. The number of hydrogen-bond acceptors (Lipinski definition) is 12. The van der Waals surface area contributed by atoms with Crippen molar-refractivity contribution in [1.29, 1.82) is 0 Å². The molecule has 0 aliphatic heterocycles. The fourth-order valence-corrected chi connectivity index (χ4v) is 1.93. The van der Waals surface area contributed by atoms with Gasteiger partial charge in [-0.25, -0.2) is 4.79 Å². The summed E-state index contributed by atoms with van der Waals surface area (Å²) in [4.78, 5) is 72.9. The molecule has 2 unspecified atom stereocenters. The van der Waals surface area contributed by atoms with Crippen molar-refractivity contribution in [2.45, 2.75) is 38.7 Å². The van der Waals surface area contributed by atoms with Gasteiger partial charge in [0.15, 0.2) is 5.60 Å². The van der Waals surface area contributed by atoms with E-state index in [4.69, 9.17) is 29.6 Å². The van der Waals surface area contributed by atoms with Gasteiger partial charge in [0, 0.05) is 0 Å². The highest BCUT2D eigenvalue weighted by atomic mass is 16.6. The number of ether oxygens (including phenoxy) is 3. The van der Waals surface area contributed by atoms with E-state index in [1.165, 1.54) is 0 Å². The number of rotatable bonds is 13. The molecule has 0 aromatic heterocycles. The lowest BCUT2D eigenvalue weighted by atomic mass is 9.83. The van der Waals surface area contributed by atoms with Gasteiger partial charge in [-0.1, -0.05) is 0 Å². The number of aliphatic hydroxyl groups is 2. The Morgan fingerprint density at radius 2 is 1.26 bits per heavy atom. The Morgan fingerprint density at radius 3 is 1.65 bits per heavy atom. The summed E-state index contributed by atoms with van der Waals surface area (Å²) in [5, 5.41) is 36.2. The molecule has 14 heteroatoms. The maximum Gasteiger partial charge on any atom is 0.373 e. The van der Waals surface area contributed by atoms with Gasteiger partial charge in [0.05, 0.1) is 31.3 Å². The van der Waals surface area contributed by atoms with E-state index in [2.05, 4.69) is 9.47 Å². The van der Waals surface area contributed by atoms with E-state index < -0.39 is 79.9 Å². The number of hydrogen-bond donors (Lipinski definition) is 4. The number of carboxylic acid groups (broad SMARTS) is 2. The van der Waals surface area contributed by atoms with E-state index in [1.807, 2.05) is 0 Å². The van der Waals surface area contributed by atoms with Crippen LogP contribution < -0.4 is 0 Å². The molecular formula is C17H24O14. The van der Waals surface area contributed by atoms with Crippen molar-refractivity contribution in [3.63, 3.8) is 0 Å². The molecule has 0 fully saturated rings. The summed E-state index contributed by atoms with van der Waals surface area (Å²) in [6, 6.07) is 0. The summed E-state index contributed by atoms with van der Waals surface area (Å²) in [7, 11) is 0. The molecular weight excluding hydrogens is 428 g/mol. The molecule has 31 heavy (non-hydrogen) atoms. The van der Waals surface area contributed by atoms with E-state index >= 15 is 0 Å². The Bertz CT molecular complexity index is 676. The standard InChI is InChI=1S/C16H24O12.CO2/c1-15(13(22)23,7-10(18)19)8-11(20)26-5-6-27-12(21)9-16(2,25)14(24)28-4-3-17;2-1-3/h17,25H,3-9H2,1-2H3,(H,18,19)(H,22,23);. The van der Waals surface area contributed by atoms with Gasteiger partial charge in [-0.2, -0.15) is 9.59 Å². The van der Waals surface area contributed by atoms with Crippen LogP contribution in [-0.4, -0.2) is 88.5 Å². The summed E-state index contributed by atoms with van der Waals surface area (Å²) in [5.41, 5.74) is -4.03. The molecule has 0 aliphatic rings. The topological polar surface area (TPSA) is 228 Å². The lowest BCUT2D eigenvalue weighted by molar-refractivity contribution is -0.191. The zero-order valence-corrected chi connectivity index (χ0v) is 16.8. The average molecular weight is 452 g/mol. The first-order valence-corrected chi connectivity index (χ1v) is 8.52. The Morgan fingerprint density at radius 1 is 0.806 bits per heavy atom. The minimum atomic E-state index is -2.18. The van der Waals surface area contributed by atoms with Crippen molar-refractivity contribution in [2.75, 3.05) is 26.4 Å². The van der Waals surface area contributed by atoms with E-state index in [-0.39, 0.29) is 12.8 Å². The van der Waals surface area contributed by atoms with Crippen LogP contribution in [0.1, 0.15) is 33.1 Å². The van der Waals surface area contributed by atoms with Crippen LogP contribution in [0.15, 0.2) is 0 Å². The quantitative estimate of drug-likeness (QED) is 0.136. The van der Waals surface area contributed by atoms with Gasteiger partial charge in [0.2, 0.25) is 0 Å². The van der Waals surface area contributed by atoms with Crippen molar-refractivity contribution in [3.05, 3.63) is 0 Å². The fourth-order valence-electron chi connectivity index (χ4n) is 1.93. The average Bonchev–Trinajstić information content (AvgIpc) is 2.62. The molecule has 0 aliphatic carbocycles. The van der Waals surface area contributed by atoms with Crippen LogP contribution in [0.5, 0.6) is 0 Å². The number of carboxylic acids is 2. The molecule has 0 spiro atoms. The highest BCUT2D eigenvalue weighted by Gasteiger charge is 2.39. The second kappa shape index (κ2) is 14.6. The first-order valence-electron chi connectivity index (χ1n) is 8.52. The van der Waals surface area contributed by atoms with Gasteiger partial charge in [-0.15, -0.1) is 0 Å². The van der Waals surface area contributed by atoms with Crippen molar-refractivity contribution >= 4 is 36.0 Å². The minimum absolute atomic E-state index is 0.250. The van der Waals surface area contributed by atoms with Gasteiger partial charge >= 0.3 is 36.0 Å². The monoisotopic (exact) mass is 452 g/mol. The molecule has 0 aromatic rings. The second-order valence-corrected chi connectivity index (χ2v) is 6.45. The Labute approximate surface area is 175 Å². The summed E-state index contributed by atoms with van der Waals surface area (Å²) < 4.78 is 13.9. The van der Waals surface area contributed by atoms with Crippen LogP contribution in [0.25, 0.3) is 0 Å². The lowest BCUT2D eigenvalue weighted by Gasteiger charge is -2.21. The van der Waals surface area contributed by atoms with Crippen molar-refractivity contribution in [2.24, 2.45) is 5.41 Å². The third-order valence-electron chi connectivity index (χ3n) is 3.45. The SMILES string of the molecule is CC(O)(CC(=O)OCCOC(=O)CC(C)(CC(=O)O)C(=O)O)C(=O)OCCO.O=C=O. The number of aliphatic carboxylic acids is 2. The maximum atomic E-state index is 11.7. The fraction of sp³-hybridized carbons (Fsp3) is 0.647. The van der Waals surface area contributed by atoms with Crippen LogP contribution >= 0.6 is 0 Å². The number of carbonyl (C=O) groups excluding carboxylic acids is 5. The van der Waals surface area contributed by atoms with E-state index in [0.717, 1.165) is 13.8 Å². The van der Waals surface area contributed by atoms with Crippen molar-refractivity contribution in [1.82, 2.24) is 0 Å². The predicted molar refractivity (Wildman–Crippen MR) is 92.8 cm³/mol. The van der Waals surface area contributed by atoms with Crippen molar-refractivity contribution in [3.8, 4) is 0 Å². The number of aliphatic hydroxyl groups excluding tert-OH is 1. The molecule has 4 N–H and O–H groups in total. The molecule has 0 bridgehead atoms. The largest absolute Gasteiger partial charge is 0.481 e. The van der Waals surface area contributed by atoms with E-state index in [0.29, 0.717) is 0 Å². The molecule has 14 nitrogen and oxygen atoms in total. The summed E-state index contributed by atoms with van der Waals surface area (Å²) in [6.45, 7) is 0.424. The zero-order chi connectivity index (χ0) is 24.7. The summed E-state index contributed by atoms with van der Waals surface area (Å²) >= 11 is 0. The third kappa shape index (κ3) is 13.5. The van der Waals surface area contributed by atoms with E-state index in [1.54, 1.807) is 0 Å². The number of esters is 3. The van der Waals surface area contributed by atoms with Gasteiger partial charge < -0.3 is 34.6 Å². The smallest absolute Gasteiger partial charge is 0.373 e. The van der Waals surface area contributed by atoms with Crippen molar-refractivity contribution < 1.29 is 68.2 Å². The molecule has 0 heterocycles. The molecule has 0 amide bonds. The molecule has 0 aromatic carbocycles. The van der Waals surface area contributed by atoms with Crippen LogP contribution in [0.4, 0.5) is 0 Å². The van der Waals surface area contributed by atoms with E-state index in [9.17, 15) is 29.1 Å². The summed E-state index contributed by atoms with van der Waals surface area (Å²) in [6.07, 6.45) is -1.98. The van der Waals surface area contributed by atoms with Crippen LogP contribution in [0.3, 0.4) is 0 Å².